The van der Waals surface area contributed by atoms with Crippen molar-refractivity contribution in [3.63, 3.8) is 0 Å². The highest BCUT2D eigenvalue weighted by Crippen LogP contribution is 2.22. The van der Waals surface area contributed by atoms with Crippen molar-refractivity contribution in [1.29, 1.82) is 0 Å². The van der Waals surface area contributed by atoms with Crippen LogP contribution in [-0.4, -0.2) is 48.2 Å². The molecule has 1 aromatic rings. The number of nitrogens with one attached hydrogen (secondary N) is 1. The lowest BCUT2D eigenvalue weighted by molar-refractivity contribution is -0.120. The standard InChI is InChI=1S/C14H23N3OS2/c1-3-19-14-16-12(10-20-14)7-13(18)15-8-11-5-4-6-17(2)9-11/h10-11H,3-9H2,1-2H3,(H,15,18)/t11-/m0/s1. The molecule has 1 fully saturated rings. The van der Waals surface area contributed by atoms with Crippen molar-refractivity contribution in [3.05, 3.63) is 11.1 Å². The van der Waals surface area contributed by atoms with E-state index < -0.39 is 0 Å². The van der Waals surface area contributed by atoms with E-state index in [0.29, 0.717) is 12.3 Å². The molecule has 112 valence electrons. The quantitative estimate of drug-likeness (QED) is 0.818. The predicted molar refractivity (Wildman–Crippen MR) is 85.4 cm³/mol. The number of nitrogens with zero attached hydrogens (tertiary/aromatic N) is 2. The van der Waals surface area contributed by atoms with E-state index in [1.54, 1.807) is 23.1 Å². The van der Waals surface area contributed by atoms with Gasteiger partial charge in [0.05, 0.1) is 12.1 Å². The van der Waals surface area contributed by atoms with Gasteiger partial charge in [0.2, 0.25) is 5.91 Å². The molecule has 1 N–H and O–H groups in total. The number of likely N-dealkylation sites (tertiary alicyclic amines) is 1. The van der Waals surface area contributed by atoms with Gasteiger partial charge in [0.25, 0.3) is 0 Å². The molecule has 1 atom stereocenters. The fraction of sp³-hybridized carbons (Fsp3) is 0.714. The Bertz CT molecular complexity index is 436. The summed E-state index contributed by atoms with van der Waals surface area (Å²) in [5, 5.41) is 5.05. The van der Waals surface area contributed by atoms with Crippen molar-refractivity contribution in [2.75, 3.05) is 32.4 Å². The largest absolute Gasteiger partial charge is 0.355 e. The maximum atomic E-state index is 11.9. The molecule has 1 saturated heterocycles. The third-order valence-electron chi connectivity index (χ3n) is 3.45. The van der Waals surface area contributed by atoms with Crippen molar-refractivity contribution >= 4 is 29.0 Å². The second kappa shape index (κ2) is 8.00. The Kier molecular flexibility index (Phi) is 6.32. The molecule has 0 aromatic carbocycles. The lowest BCUT2D eigenvalue weighted by Gasteiger charge is -2.29. The average molecular weight is 313 g/mol. The zero-order chi connectivity index (χ0) is 14.4. The monoisotopic (exact) mass is 313 g/mol. The molecular formula is C14H23N3OS2. The molecule has 20 heavy (non-hydrogen) atoms. The summed E-state index contributed by atoms with van der Waals surface area (Å²) in [6, 6.07) is 0. The Morgan fingerprint density at radius 1 is 1.65 bits per heavy atom. The number of carbonyl (C=O) groups excluding carboxylic acids is 1. The Morgan fingerprint density at radius 3 is 3.25 bits per heavy atom. The Hall–Kier alpha value is -0.590. The number of thiazole rings is 1. The van der Waals surface area contributed by atoms with E-state index in [1.807, 2.05) is 5.38 Å². The van der Waals surface area contributed by atoms with Crippen LogP contribution in [0.2, 0.25) is 0 Å². The molecule has 0 radical (unpaired) electrons. The van der Waals surface area contributed by atoms with Crippen LogP contribution >= 0.6 is 23.1 Å². The molecule has 2 heterocycles. The molecule has 0 aliphatic carbocycles. The fourth-order valence-corrected chi connectivity index (χ4v) is 4.23. The van der Waals surface area contributed by atoms with Crippen LogP contribution in [0.15, 0.2) is 9.72 Å². The number of thioether (sulfide) groups is 1. The number of hydrogen-bond donors (Lipinski definition) is 1. The Morgan fingerprint density at radius 2 is 2.50 bits per heavy atom. The van der Waals surface area contributed by atoms with Crippen LogP contribution in [0.25, 0.3) is 0 Å². The van der Waals surface area contributed by atoms with Gasteiger partial charge in [0.15, 0.2) is 0 Å². The van der Waals surface area contributed by atoms with Crippen LogP contribution in [0.4, 0.5) is 0 Å². The van der Waals surface area contributed by atoms with Crippen molar-refractivity contribution < 1.29 is 4.79 Å². The van der Waals surface area contributed by atoms with Crippen LogP contribution in [0, 0.1) is 5.92 Å². The summed E-state index contributed by atoms with van der Waals surface area (Å²) >= 11 is 3.36. The van der Waals surface area contributed by atoms with Gasteiger partial charge in [-0.1, -0.05) is 18.7 Å². The third kappa shape index (κ3) is 5.07. The fourth-order valence-electron chi connectivity index (χ4n) is 2.48. The number of carbonyl (C=O) groups is 1. The van der Waals surface area contributed by atoms with Gasteiger partial charge in [-0.2, -0.15) is 0 Å². The van der Waals surface area contributed by atoms with Crippen molar-refractivity contribution in [1.82, 2.24) is 15.2 Å². The third-order valence-corrected chi connectivity index (χ3v) is 5.40. The molecule has 2 rings (SSSR count). The van der Waals surface area contributed by atoms with Gasteiger partial charge >= 0.3 is 0 Å². The smallest absolute Gasteiger partial charge is 0.226 e. The van der Waals surface area contributed by atoms with Gasteiger partial charge < -0.3 is 10.2 Å². The van der Waals surface area contributed by atoms with Crippen LogP contribution in [0.1, 0.15) is 25.5 Å². The minimum Gasteiger partial charge on any atom is -0.355 e. The van der Waals surface area contributed by atoms with Gasteiger partial charge in [-0.05, 0) is 38.1 Å². The highest BCUT2D eigenvalue weighted by molar-refractivity contribution is 8.00. The van der Waals surface area contributed by atoms with Gasteiger partial charge in [-0.3, -0.25) is 4.79 Å². The second-order valence-electron chi connectivity index (χ2n) is 5.29. The summed E-state index contributed by atoms with van der Waals surface area (Å²) in [5.74, 6) is 1.71. The molecule has 1 aliphatic rings. The average Bonchev–Trinajstić information content (AvgIpc) is 2.84. The lowest BCUT2D eigenvalue weighted by Crippen LogP contribution is -2.39. The van der Waals surface area contributed by atoms with E-state index in [1.165, 1.54) is 19.4 Å². The minimum absolute atomic E-state index is 0.0941. The number of rotatable bonds is 6. The highest BCUT2D eigenvalue weighted by Gasteiger charge is 2.18. The molecule has 1 aliphatic heterocycles. The summed E-state index contributed by atoms with van der Waals surface area (Å²) < 4.78 is 1.06. The molecule has 0 unspecified atom stereocenters. The summed E-state index contributed by atoms with van der Waals surface area (Å²) in [5.41, 5.74) is 0.893. The van der Waals surface area contributed by atoms with Crippen LogP contribution in [0.5, 0.6) is 0 Å². The SMILES string of the molecule is CCSc1nc(CC(=O)NC[C@@H]2CCCN(C)C2)cs1. The van der Waals surface area contributed by atoms with Crippen LogP contribution in [0.3, 0.4) is 0 Å². The van der Waals surface area contributed by atoms with E-state index in [-0.39, 0.29) is 5.91 Å². The van der Waals surface area contributed by atoms with E-state index >= 15 is 0 Å². The summed E-state index contributed by atoms with van der Waals surface area (Å²) in [4.78, 5) is 18.7. The first kappa shape index (κ1) is 15.8. The van der Waals surface area contributed by atoms with Gasteiger partial charge in [0.1, 0.15) is 4.34 Å². The first-order chi connectivity index (χ1) is 9.67. The molecule has 0 bridgehead atoms. The van der Waals surface area contributed by atoms with Crippen molar-refractivity contribution in [2.45, 2.75) is 30.5 Å². The van der Waals surface area contributed by atoms with Gasteiger partial charge in [0, 0.05) is 18.5 Å². The van der Waals surface area contributed by atoms with Crippen molar-refractivity contribution in [3.8, 4) is 0 Å². The van der Waals surface area contributed by atoms with Crippen LogP contribution in [-0.2, 0) is 11.2 Å². The van der Waals surface area contributed by atoms with Gasteiger partial charge in [-0.25, -0.2) is 4.98 Å². The maximum Gasteiger partial charge on any atom is 0.226 e. The van der Waals surface area contributed by atoms with Crippen LogP contribution < -0.4 is 5.32 Å². The van der Waals surface area contributed by atoms with E-state index in [0.717, 1.165) is 28.9 Å². The molecule has 6 heteroatoms. The summed E-state index contributed by atoms with van der Waals surface area (Å²) in [6.45, 7) is 5.18. The second-order valence-corrected chi connectivity index (χ2v) is 7.66. The molecule has 1 amide bonds. The van der Waals surface area contributed by atoms with E-state index in [4.69, 9.17) is 0 Å². The number of hydrogen-bond acceptors (Lipinski definition) is 5. The lowest BCUT2D eigenvalue weighted by atomic mass is 9.98. The van der Waals surface area contributed by atoms with Crippen molar-refractivity contribution in [2.24, 2.45) is 5.92 Å². The molecule has 0 saturated carbocycles. The molecule has 4 nitrogen and oxygen atoms in total. The van der Waals surface area contributed by atoms with E-state index in [9.17, 15) is 4.79 Å². The number of piperidine rings is 1. The minimum atomic E-state index is 0.0941. The first-order valence-corrected chi connectivity index (χ1v) is 9.06. The summed E-state index contributed by atoms with van der Waals surface area (Å²) in [7, 11) is 2.15. The highest BCUT2D eigenvalue weighted by atomic mass is 32.2. The Balaban J connectivity index is 1.71. The maximum absolute atomic E-state index is 11.9. The zero-order valence-electron chi connectivity index (χ0n) is 12.2. The zero-order valence-corrected chi connectivity index (χ0v) is 13.9. The first-order valence-electron chi connectivity index (χ1n) is 7.19. The summed E-state index contributed by atoms with van der Waals surface area (Å²) in [6.07, 6.45) is 2.86. The Labute approximate surface area is 129 Å². The number of amides is 1. The number of aromatic nitrogens is 1. The molecular weight excluding hydrogens is 290 g/mol. The molecule has 0 spiro atoms. The predicted octanol–water partition coefficient (Wildman–Crippen LogP) is 2.26. The van der Waals surface area contributed by atoms with Gasteiger partial charge in [-0.15, -0.1) is 11.3 Å². The topological polar surface area (TPSA) is 45.2 Å². The molecule has 1 aromatic heterocycles. The normalized spacial score (nSPS) is 20.0. The van der Waals surface area contributed by atoms with E-state index in [2.05, 4.69) is 29.2 Å².